The largest absolute Gasteiger partial charge is 0.321 e. The number of thiazole rings is 1. The maximum Gasteiger partial charge on any atom is 0.265 e. The number of thioether (sulfide) groups is 1. The molecule has 5 aromatic rings. The van der Waals surface area contributed by atoms with Crippen molar-refractivity contribution in [1.29, 1.82) is 0 Å². The van der Waals surface area contributed by atoms with Gasteiger partial charge in [-0.1, -0.05) is 72.3 Å². The Kier molecular flexibility index (Phi) is 7.79. The number of aryl methyl sites for hydroxylation is 1. The van der Waals surface area contributed by atoms with E-state index in [1.165, 1.54) is 40.0 Å². The molecule has 0 spiro atoms. The van der Waals surface area contributed by atoms with E-state index in [1.807, 2.05) is 103 Å². The highest BCUT2D eigenvalue weighted by atomic mass is 32.2. The number of nitrogens with zero attached hydrogens (tertiary/aromatic N) is 1. The van der Waals surface area contributed by atoms with E-state index in [9.17, 15) is 9.59 Å². The molecule has 5 nitrogen and oxygen atoms in total. The van der Waals surface area contributed by atoms with Crippen LogP contribution in [0.25, 0.3) is 11.3 Å². The Morgan fingerprint density at radius 1 is 0.865 bits per heavy atom. The number of amides is 2. The summed E-state index contributed by atoms with van der Waals surface area (Å²) in [4.78, 5) is 32.1. The van der Waals surface area contributed by atoms with Crippen molar-refractivity contribution in [3.63, 3.8) is 0 Å². The predicted molar refractivity (Wildman–Crippen MR) is 155 cm³/mol. The molecule has 3 aromatic carbocycles. The average molecular weight is 542 g/mol. The Labute approximate surface area is 227 Å². The zero-order valence-corrected chi connectivity index (χ0v) is 22.3. The molecule has 0 radical (unpaired) electrons. The number of rotatable bonds is 8. The van der Waals surface area contributed by atoms with Crippen molar-refractivity contribution in [2.45, 2.75) is 17.1 Å². The molecule has 5 rings (SSSR count). The van der Waals surface area contributed by atoms with E-state index in [1.54, 1.807) is 6.07 Å². The Bertz CT molecular complexity index is 1500. The van der Waals surface area contributed by atoms with Gasteiger partial charge < -0.3 is 10.6 Å². The Balaban J connectivity index is 1.34. The summed E-state index contributed by atoms with van der Waals surface area (Å²) in [5.74, 6) is -0.309. The molecule has 184 valence electrons. The molecule has 0 bridgehead atoms. The number of benzene rings is 3. The maximum absolute atomic E-state index is 13.5. The molecule has 0 saturated carbocycles. The number of anilines is 2. The molecule has 2 aromatic heterocycles. The Morgan fingerprint density at radius 3 is 2.43 bits per heavy atom. The van der Waals surface area contributed by atoms with Gasteiger partial charge in [-0.3, -0.25) is 9.59 Å². The average Bonchev–Trinajstić information content (AvgIpc) is 3.61. The van der Waals surface area contributed by atoms with Gasteiger partial charge in [0.25, 0.3) is 5.91 Å². The highest BCUT2D eigenvalue weighted by molar-refractivity contribution is 8.00. The predicted octanol–water partition coefficient (Wildman–Crippen LogP) is 7.90. The first kappa shape index (κ1) is 25.0. The van der Waals surface area contributed by atoms with E-state index in [-0.39, 0.29) is 11.8 Å². The van der Waals surface area contributed by atoms with E-state index >= 15 is 0 Å². The molecule has 2 heterocycles. The summed E-state index contributed by atoms with van der Waals surface area (Å²) >= 11 is 4.23. The first-order chi connectivity index (χ1) is 18.0. The second-order valence-corrected chi connectivity index (χ2v) is 11.2. The summed E-state index contributed by atoms with van der Waals surface area (Å²) in [6.45, 7) is 2.05. The summed E-state index contributed by atoms with van der Waals surface area (Å²) < 4.78 is 0. The van der Waals surface area contributed by atoms with Crippen molar-refractivity contribution < 1.29 is 9.59 Å². The lowest BCUT2D eigenvalue weighted by molar-refractivity contribution is -0.115. The lowest BCUT2D eigenvalue weighted by atomic mass is 10.1. The number of hydrogen-bond acceptors (Lipinski definition) is 6. The number of hydrogen-bond donors (Lipinski definition) is 2. The lowest BCUT2D eigenvalue weighted by Gasteiger charge is -2.17. The third-order valence-corrected chi connectivity index (χ3v) is 8.39. The molecule has 0 aliphatic rings. The van der Waals surface area contributed by atoms with Crippen LogP contribution >= 0.6 is 34.4 Å². The number of aromatic nitrogens is 1. The van der Waals surface area contributed by atoms with Gasteiger partial charge in [0.05, 0.1) is 10.6 Å². The standard InChI is InChI=1S/C29H23N3O2S3/c1-19-12-14-20(15-13-19)24-18-36-29(31-24)32-28(34)26(21-7-3-2-4-8-21)37-23-10-5-9-22(17-23)30-27(33)25-11-6-16-35-25/h2-18,26H,1H3,(H,30,33)(H,31,32,34). The van der Waals surface area contributed by atoms with Crippen LogP contribution in [-0.4, -0.2) is 16.8 Å². The summed E-state index contributed by atoms with van der Waals surface area (Å²) in [6.07, 6.45) is 0. The van der Waals surface area contributed by atoms with Crippen molar-refractivity contribution in [2.75, 3.05) is 10.6 Å². The molecule has 8 heteroatoms. The maximum atomic E-state index is 13.5. The molecule has 1 atom stereocenters. The number of carbonyl (C=O) groups is 2. The SMILES string of the molecule is Cc1ccc(-c2csc(NC(=O)C(Sc3cccc(NC(=O)c4cccs4)c3)c3ccccc3)n2)cc1. The topological polar surface area (TPSA) is 71.1 Å². The highest BCUT2D eigenvalue weighted by Gasteiger charge is 2.23. The van der Waals surface area contributed by atoms with Crippen molar-refractivity contribution in [3.8, 4) is 11.3 Å². The minimum absolute atomic E-state index is 0.150. The van der Waals surface area contributed by atoms with E-state index < -0.39 is 5.25 Å². The van der Waals surface area contributed by atoms with Gasteiger partial charge in [0.15, 0.2) is 5.13 Å². The van der Waals surface area contributed by atoms with Crippen molar-refractivity contribution in [3.05, 3.63) is 118 Å². The van der Waals surface area contributed by atoms with Crippen LogP contribution in [0.1, 0.15) is 26.0 Å². The monoisotopic (exact) mass is 541 g/mol. The van der Waals surface area contributed by atoms with E-state index in [0.29, 0.717) is 15.7 Å². The van der Waals surface area contributed by atoms with Gasteiger partial charge in [0.2, 0.25) is 5.91 Å². The van der Waals surface area contributed by atoms with Crippen molar-refractivity contribution in [2.24, 2.45) is 0 Å². The normalized spacial score (nSPS) is 11.6. The van der Waals surface area contributed by atoms with Crippen LogP contribution < -0.4 is 10.6 Å². The van der Waals surface area contributed by atoms with Crippen LogP contribution in [0.5, 0.6) is 0 Å². The van der Waals surface area contributed by atoms with Crippen LogP contribution in [0.4, 0.5) is 10.8 Å². The number of thiophene rings is 1. The molecule has 2 amide bonds. The first-order valence-corrected chi connectivity index (χ1v) is 14.2. The van der Waals surface area contributed by atoms with Gasteiger partial charge in [-0.15, -0.1) is 34.4 Å². The van der Waals surface area contributed by atoms with E-state index in [4.69, 9.17) is 0 Å². The van der Waals surface area contributed by atoms with Gasteiger partial charge in [0.1, 0.15) is 5.25 Å². The summed E-state index contributed by atoms with van der Waals surface area (Å²) in [5, 5.41) is 9.82. The summed E-state index contributed by atoms with van der Waals surface area (Å²) in [6, 6.07) is 29.0. The van der Waals surface area contributed by atoms with Gasteiger partial charge in [0, 0.05) is 21.5 Å². The third kappa shape index (κ3) is 6.35. The lowest BCUT2D eigenvalue weighted by Crippen LogP contribution is -2.19. The summed E-state index contributed by atoms with van der Waals surface area (Å²) in [7, 11) is 0. The minimum atomic E-state index is -0.504. The molecular formula is C29H23N3O2S3. The fraction of sp³-hybridized carbons (Fsp3) is 0.0690. The molecule has 0 aliphatic heterocycles. The quantitative estimate of drug-likeness (QED) is 0.196. The highest BCUT2D eigenvalue weighted by Crippen LogP contribution is 2.38. The fourth-order valence-corrected chi connectivity index (χ4v) is 6.07. The third-order valence-electron chi connectivity index (χ3n) is 5.51. The Morgan fingerprint density at radius 2 is 1.68 bits per heavy atom. The molecule has 0 saturated heterocycles. The molecule has 37 heavy (non-hydrogen) atoms. The molecule has 1 unspecified atom stereocenters. The van der Waals surface area contributed by atoms with Crippen LogP contribution in [0.15, 0.2) is 107 Å². The second-order valence-electron chi connectivity index (χ2n) is 8.26. The van der Waals surface area contributed by atoms with Crippen LogP contribution in [0, 0.1) is 6.92 Å². The van der Waals surface area contributed by atoms with Crippen molar-refractivity contribution >= 4 is 57.1 Å². The van der Waals surface area contributed by atoms with Crippen LogP contribution in [-0.2, 0) is 4.79 Å². The zero-order valence-electron chi connectivity index (χ0n) is 19.9. The molecule has 0 fully saturated rings. The minimum Gasteiger partial charge on any atom is -0.321 e. The van der Waals surface area contributed by atoms with Gasteiger partial charge in [-0.05, 0) is 42.1 Å². The number of nitrogens with one attached hydrogen (secondary N) is 2. The van der Waals surface area contributed by atoms with Crippen LogP contribution in [0.2, 0.25) is 0 Å². The smallest absolute Gasteiger partial charge is 0.265 e. The van der Waals surface area contributed by atoms with Gasteiger partial charge in [-0.2, -0.15) is 0 Å². The van der Waals surface area contributed by atoms with Gasteiger partial charge in [-0.25, -0.2) is 4.98 Å². The molecular weight excluding hydrogens is 519 g/mol. The van der Waals surface area contributed by atoms with E-state index in [0.717, 1.165) is 21.7 Å². The van der Waals surface area contributed by atoms with Crippen LogP contribution in [0.3, 0.4) is 0 Å². The second kappa shape index (κ2) is 11.6. The fourth-order valence-electron chi connectivity index (χ4n) is 3.64. The molecule has 0 aliphatic carbocycles. The molecule has 2 N–H and O–H groups in total. The van der Waals surface area contributed by atoms with Gasteiger partial charge >= 0.3 is 0 Å². The zero-order chi connectivity index (χ0) is 25.6. The first-order valence-electron chi connectivity index (χ1n) is 11.5. The van der Waals surface area contributed by atoms with E-state index in [2.05, 4.69) is 15.6 Å². The summed E-state index contributed by atoms with van der Waals surface area (Å²) in [5.41, 5.74) is 4.59. The van der Waals surface area contributed by atoms with Crippen molar-refractivity contribution in [1.82, 2.24) is 4.98 Å². The Hall–Kier alpha value is -3.72. The number of carbonyl (C=O) groups excluding carboxylic acids is 2.